The zero-order chi connectivity index (χ0) is 12.1. The number of rotatable bonds is 5. The summed E-state index contributed by atoms with van der Waals surface area (Å²) in [5.74, 6) is 7.08. The first-order chi connectivity index (χ1) is 7.54. The number of furan rings is 1. The number of hydrogen-bond donors (Lipinski definition) is 2. The van der Waals surface area contributed by atoms with E-state index in [9.17, 15) is 4.79 Å². The summed E-state index contributed by atoms with van der Waals surface area (Å²) in [6.07, 6.45) is 0. The summed E-state index contributed by atoms with van der Waals surface area (Å²) in [5, 5.41) is 0.567. The highest BCUT2D eigenvalue weighted by Gasteiger charge is 2.12. The summed E-state index contributed by atoms with van der Waals surface area (Å²) >= 11 is 1.81. The van der Waals surface area contributed by atoms with E-state index in [0.717, 1.165) is 11.5 Å². The number of carbonyl (C=O) groups excluding carboxylic acids is 1. The fraction of sp³-hybridized carbons (Fsp3) is 0.545. The van der Waals surface area contributed by atoms with Gasteiger partial charge in [0, 0.05) is 5.25 Å². The maximum atomic E-state index is 11.1. The molecule has 0 saturated carbocycles. The third-order valence-corrected chi connectivity index (χ3v) is 3.97. The molecule has 5 heteroatoms. The van der Waals surface area contributed by atoms with E-state index in [1.807, 2.05) is 23.3 Å². The van der Waals surface area contributed by atoms with Crippen LogP contribution in [0.15, 0.2) is 16.5 Å². The Hall–Kier alpha value is -0.940. The van der Waals surface area contributed by atoms with Crippen molar-refractivity contribution in [2.45, 2.75) is 31.8 Å². The van der Waals surface area contributed by atoms with Gasteiger partial charge in [-0.1, -0.05) is 20.8 Å². The van der Waals surface area contributed by atoms with Crippen LogP contribution < -0.4 is 11.3 Å². The summed E-state index contributed by atoms with van der Waals surface area (Å²) in [7, 11) is 0. The van der Waals surface area contributed by atoms with Gasteiger partial charge in [0.05, 0.1) is 5.75 Å². The van der Waals surface area contributed by atoms with Crippen LogP contribution in [0.25, 0.3) is 0 Å². The minimum atomic E-state index is -0.395. The normalized spacial score (nSPS) is 12.8. The first-order valence-electron chi connectivity index (χ1n) is 5.26. The molecular formula is C11H18N2O2S. The van der Waals surface area contributed by atoms with Crippen LogP contribution in [0.5, 0.6) is 0 Å². The summed E-state index contributed by atoms with van der Waals surface area (Å²) in [4.78, 5) is 11.1. The largest absolute Gasteiger partial charge is 0.455 e. The number of hydrazine groups is 1. The van der Waals surface area contributed by atoms with Gasteiger partial charge in [0.25, 0.3) is 0 Å². The lowest BCUT2D eigenvalue weighted by Crippen LogP contribution is -2.29. The zero-order valence-electron chi connectivity index (χ0n) is 9.82. The molecule has 1 amide bonds. The average molecular weight is 242 g/mol. The van der Waals surface area contributed by atoms with Gasteiger partial charge in [-0.25, -0.2) is 5.84 Å². The molecule has 0 aliphatic carbocycles. The first kappa shape index (κ1) is 13.1. The van der Waals surface area contributed by atoms with Gasteiger partial charge in [-0.15, -0.1) is 0 Å². The number of carbonyl (C=O) groups is 1. The molecule has 16 heavy (non-hydrogen) atoms. The van der Waals surface area contributed by atoms with Gasteiger partial charge in [0.2, 0.25) is 0 Å². The van der Waals surface area contributed by atoms with Crippen LogP contribution in [0.4, 0.5) is 0 Å². The Labute approximate surface area is 99.9 Å². The van der Waals surface area contributed by atoms with Gasteiger partial charge in [-0.2, -0.15) is 11.8 Å². The minimum Gasteiger partial charge on any atom is -0.455 e. The third-order valence-electron chi connectivity index (χ3n) is 2.44. The molecule has 0 radical (unpaired) electrons. The van der Waals surface area contributed by atoms with Crippen molar-refractivity contribution in [1.29, 1.82) is 0 Å². The van der Waals surface area contributed by atoms with Crippen molar-refractivity contribution in [3.63, 3.8) is 0 Å². The predicted octanol–water partition coefficient (Wildman–Crippen LogP) is 2.16. The van der Waals surface area contributed by atoms with Crippen LogP contribution in [0.1, 0.15) is 37.1 Å². The van der Waals surface area contributed by atoms with Crippen molar-refractivity contribution < 1.29 is 9.21 Å². The highest BCUT2D eigenvalue weighted by Crippen LogP contribution is 2.23. The molecule has 1 rings (SSSR count). The van der Waals surface area contributed by atoms with Crippen LogP contribution in [-0.4, -0.2) is 11.2 Å². The number of hydrogen-bond acceptors (Lipinski definition) is 4. The SMILES string of the molecule is CC(C)C(C)SCc1ccc(C(=O)NN)o1. The highest BCUT2D eigenvalue weighted by atomic mass is 32.2. The van der Waals surface area contributed by atoms with E-state index >= 15 is 0 Å². The molecule has 0 aliphatic rings. The Bertz CT molecular complexity index is 350. The van der Waals surface area contributed by atoms with Crippen molar-refractivity contribution in [2.75, 3.05) is 0 Å². The Morgan fingerprint density at radius 3 is 2.75 bits per heavy atom. The van der Waals surface area contributed by atoms with Gasteiger partial charge in [-0.3, -0.25) is 10.2 Å². The van der Waals surface area contributed by atoms with Crippen molar-refractivity contribution in [1.82, 2.24) is 5.43 Å². The number of thioether (sulfide) groups is 1. The Morgan fingerprint density at radius 1 is 1.50 bits per heavy atom. The molecule has 3 N–H and O–H groups in total. The van der Waals surface area contributed by atoms with Gasteiger partial charge in [-0.05, 0) is 18.1 Å². The topological polar surface area (TPSA) is 68.3 Å². The smallest absolute Gasteiger partial charge is 0.300 e. The molecule has 0 saturated heterocycles. The van der Waals surface area contributed by atoms with E-state index in [2.05, 4.69) is 20.8 Å². The fourth-order valence-corrected chi connectivity index (χ4v) is 2.02. The molecule has 1 heterocycles. The molecule has 0 bridgehead atoms. The van der Waals surface area contributed by atoms with Gasteiger partial charge in [0.15, 0.2) is 5.76 Å². The molecule has 1 atom stereocenters. The maximum absolute atomic E-state index is 11.1. The molecule has 0 fully saturated rings. The van der Waals surface area contributed by atoms with E-state index in [1.54, 1.807) is 6.07 Å². The second-order valence-corrected chi connectivity index (χ2v) is 5.37. The van der Waals surface area contributed by atoms with Crippen LogP contribution in [0.3, 0.4) is 0 Å². The van der Waals surface area contributed by atoms with E-state index in [1.165, 1.54) is 0 Å². The summed E-state index contributed by atoms with van der Waals surface area (Å²) < 4.78 is 5.35. The second kappa shape index (κ2) is 5.96. The van der Waals surface area contributed by atoms with E-state index in [-0.39, 0.29) is 5.76 Å². The monoisotopic (exact) mass is 242 g/mol. The summed E-state index contributed by atoms with van der Waals surface area (Å²) in [6, 6.07) is 3.45. The Kier molecular flexibility index (Phi) is 4.89. The molecule has 4 nitrogen and oxygen atoms in total. The highest BCUT2D eigenvalue weighted by molar-refractivity contribution is 7.99. The fourth-order valence-electron chi connectivity index (χ4n) is 1.05. The van der Waals surface area contributed by atoms with Crippen LogP contribution in [0.2, 0.25) is 0 Å². The number of nitrogen functional groups attached to an aromatic ring is 1. The standard InChI is InChI=1S/C11H18N2O2S/c1-7(2)8(3)16-6-9-4-5-10(15-9)11(14)13-12/h4-5,7-8H,6,12H2,1-3H3,(H,13,14). The maximum Gasteiger partial charge on any atom is 0.300 e. The van der Waals surface area contributed by atoms with Gasteiger partial charge >= 0.3 is 5.91 Å². The Balaban J connectivity index is 2.49. The zero-order valence-corrected chi connectivity index (χ0v) is 10.6. The third kappa shape index (κ3) is 3.57. The van der Waals surface area contributed by atoms with Crippen LogP contribution in [-0.2, 0) is 5.75 Å². The molecule has 1 aromatic heterocycles. The van der Waals surface area contributed by atoms with E-state index in [4.69, 9.17) is 10.3 Å². The molecule has 0 aromatic carbocycles. The van der Waals surface area contributed by atoms with Gasteiger partial charge in [0.1, 0.15) is 5.76 Å². The quantitative estimate of drug-likeness (QED) is 0.471. The molecule has 0 spiro atoms. The lowest BCUT2D eigenvalue weighted by atomic mass is 10.2. The molecule has 1 unspecified atom stereocenters. The minimum absolute atomic E-state index is 0.260. The predicted molar refractivity (Wildman–Crippen MR) is 66.0 cm³/mol. The van der Waals surface area contributed by atoms with Crippen molar-refractivity contribution >= 4 is 17.7 Å². The van der Waals surface area contributed by atoms with Crippen LogP contribution in [0, 0.1) is 5.92 Å². The Morgan fingerprint density at radius 2 is 2.19 bits per heavy atom. The van der Waals surface area contributed by atoms with E-state index < -0.39 is 5.91 Å². The van der Waals surface area contributed by atoms with Crippen molar-refractivity contribution in [3.05, 3.63) is 23.7 Å². The first-order valence-corrected chi connectivity index (χ1v) is 6.30. The summed E-state index contributed by atoms with van der Waals surface area (Å²) in [5.41, 5.74) is 2.04. The van der Waals surface area contributed by atoms with Crippen molar-refractivity contribution in [3.8, 4) is 0 Å². The van der Waals surface area contributed by atoms with E-state index in [0.29, 0.717) is 11.2 Å². The lowest BCUT2D eigenvalue weighted by molar-refractivity contribution is 0.0924. The lowest BCUT2D eigenvalue weighted by Gasteiger charge is -2.13. The van der Waals surface area contributed by atoms with Gasteiger partial charge < -0.3 is 4.42 Å². The number of amides is 1. The second-order valence-electron chi connectivity index (χ2n) is 4.00. The van der Waals surface area contributed by atoms with Crippen LogP contribution >= 0.6 is 11.8 Å². The molecule has 90 valence electrons. The molecule has 1 aromatic rings. The molecular weight excluding hydrogens is 224 g/mol. The number of nitrogens with two attached hydrogens (primary N) is 1. The summed E-state index contributed by atoms with van der Waals surface area (Å²) in [6.45, 7) is 6.56. The molecule has 0 aliphatic heterocycles. The number of nitrogens with one attached hydrogen (secondary N) is 1. The average Bonchev–Trinajstić information content (AvgIpc) is 2.73. The van der Waals surface area contributed by atoms with Crippen molar-refractivity contribution in [2.24, 2.45) is 11.8 Å².